The van der Waals surface area contributed by atoms with Crippen LogP contribution in [0, 0.1) is 0 Å². The second-order valence-corrected chi connectivity index (χ2v) is 5.72. The first kappa shape index (κ1) is 15.4. The Morgan fingerprint density at radius 1 is 1.20 bits per heavy atom. The van der Waals surface area contributed by atoms with E-state index in [4.69, 9.17) is 0 Å². The van der Waals surface area contributed by atoms with Crippen LogP contribution in [-0.4, -0.2) is 36.3 Å². The van der Waals surface area contributed by atoms with Crippen molar-refractivity contribution in [1.82, 2.24) is 29.3 Å². The van der Waals surface area contributed by atoms with Crippen molar-refractivity contribution in [2.45, 2.75) is 13.1 Å². The summed E-state index contributed by atoms with van der Waals surface area (Å²) in [5, 5.41) is 4.93. The molecule has 7 nitrogen and oxygen atoms in total. The van der Waals surface area contributed by atoms with E-state index in [1.165, 1.54) is 6.33 Å². The van der Waals surface area contributed by atoms with Gasteiger partial charge in [-0.3, -0.25) is 9.25 Å². The second kappa shape index (κ2) is 5.76. The third-order valence-electron chi connectivity index (χ3n) is 4.11. The molecule has 0 radical (unpaired) electrons. The molecule has 0 aliphatic carbocycles. The summed E-state index contributed by atoms with van der Waals surface area (Å²) < 4.78 is 29.7. The molecule has 0 saturated heterocycles. The van der Waals surface area contributed by atoms with E-state index in [-0.39, 0.29) is 12.4 Å². The molecular weight excluding hydrogens is 328 g/mol. The molecule has 128 valence electrons. The topological polar surface area (TPSA) is 64.7 Å². The molecular formula is C16H15F2N7. The Morgan fingerprint density at radius 3 is 2.80 bits per heavy atom. The number of imidazole rings is 1. The maximum atomic E-state index is 13.6. The average Bonchev–Trinajstić information content (AvgIpc) is 3.15. The van der Waals surface area contributed by atoms with Crippen LogP contribution in [0.5, 0.6) is 0 Å². The molecule has 0 N–H and O–H groups in total. The normalized spacial score (nSPS) is 11.7. The Labute approximate surface area is 141 Å². The lowest BCUT2D eigenvalue weighted by Gasteiger charge is -2.19. The number of aromatic nitrogens is 6. The van der Waals surface area contributed by atoms with Crippen molar-refractivity contribution >= 4 is 27.9 Å². The largest absolute Gasteiger partial charge is 0.351 e. The zero-order valence-electron chi connectivity index (χ0n) is 13.6. The lowest BCUT2D eigenvalue weighted by atomic mass is 10.3. The molecule has 3 heterocycles. The van der Waals surface area contributed by atoms with E-state index in [1.807, 2.05) is 0 Å². The fraction of sp³-hybridized carbons (Fsp3) is 0.250. The van der Waals surface area contributed by atoms with E-state index in [0.717, 1.165) is 9.95 Å². The van der Waals surface area contributed by atoms with Gasteiger partial charge < -0.3 is 4.90 Å². The summed E-state index contributed by atoms with van der Waals surface area (Å²) >= 11 is 0. The number of fused-ring (bicyclic) bond motifs is 2. The van der Waals surface area contributed by atoms with Crippen LogP contribution in [0.1, 0.15) is 12.4 Å². The van der Waals surface area contributed by atoms with Crippen molar-refractivity contribution in [3.05, 3.63) is 42.6 Å². The average molecular weight is 343 g/mol. The monoisotopic (exact) mass is 343 g/mol. The van der Waals surface area contributed by atoms with Gasteiger partial charge in [0.15, 0.2) is 5.65 Å². The van der Waals surface area contributed by atoms with Gasteiger partial charge in [-0.25, -0.2) is 15.0 Å². The first-order valence-corrected chi connectivity index (χ1v) is 7.64. The molecule has 25 heavy (non-hydrogen) atoms. The maximum Gasteiger partial charge on any atom is 0.320 e. The summed E-state index contributed by atoms with van der Waals surface area (Å²) in [4.78, 5) is 14.6. The summed E-state index contributed by atoms with van der Waals surface area (Å²) in [6.07, 6.45) is 3.10. The number of para-hydroxylation sites is 2. The highest BCUT2D eigenvalue weighted by molar-refractivity contribution is 5.86. The van der Waals surface area contributed by atoms with Gasteiger partial charge >= 0.3 is 6.55 Å². The minimum atomic E-state index is -2.67. The molecule has 0 spiro atoms. The SMILES string of the molecule is CN(Cc1nc2ccccc2n1C(F)F)c1ncnc2c1cnn2C. The van der Waals surface area contributed by atoms with Gasteiger partial charge in [0.2, 0.25) is 0 Å². The number of rotatable bonds is 4. The van der Waals surface area contributed by atoms with Crippen molar-refractivity contribution < 1.29 is 8.78 Å². The van der Waals surface area contributed by atoms with E-state index in [9.17, 15) is 8.78 Å². The summed E-state index contributed by atoms with van der Waals surface area (Å²) in [5.74, 6) is 0.889. The van der Waals surface area contributed by atoms with Gasteiger partial charge in [0.05, 0.1) is 29.2 Å². The number of hydrogen-bond acceptors (Lipinski definition) is 5. The molecule has 0 atom stereocenters. The lowest BCUT2D eigenvalue weighted by molar-refractivity contribution is 0.0715. The van der Waals surface area contributed by atoms with Gasteiger partial charge in [-0.05, 0) is 12.1 Å². The summed E-state index contributed by atoms with van der Waals surface area (Å²) in [5.41, 5.74) is 1.63. The first-order chi connectivity index (χ1) is 12.1. The van der Waals surface area contributed by atoms with Crippen LogP contribution in [0.4, 0.5) is 14.6 Å². The molecule has 0 unspecified atom stereocenters. The Balaban J connectivity index is 1.77. The molecule has 0 aliphatic rings. The fourth-order valence-corrected chi connectivity index (χ4v) is 2.96. The molecule has 0 aliphatic heterocycles. The Kier molecular flexibility index (Phi) is 3.56. The number of anilines is 1. The number of nitrogens with zero attached hydrogens (tertiary/aromatic N) is 7. The zero-order chi connectivity index (χ0) is 17.6. The van der Waals surface area contributed by atoms with Gasteiger partial charge in [-0.1, -0.05) is 12.1 Å². The molecule has 0 fully saturated rings. The van der Waals surface area contributed by atoms with Crippen LogP contribution in [-0.2, 0) is 13.6 Å². The highest BCUT2D eigenvalue weighted by Gasteiger charge is 2.20. The lowest BCUT2D eigenvalue weighted by Crippen LogP contribution is -2.21. The second-order valence-electron chi connectivity index (χ2n) is 5.72. The predicted octanol–water partition coefficient (Wildman–Crippen LogP) is 2.74. The number of halogens is 2. The van der Waals surface area contributed by atoms with Crippen molar-refractivity contribution in [3.8, 4) is 0 Å². The van der Waals surface area contributed by atoms with E-state index >= 15 is 0 Å². The molecule has 1 aromatic carbocycles. The molecule has 0 bridgehead atoms. The third-order valence-corrected chi connectivity index (χ3v) is 4.11. The van der Waals surface area contributed by atoms with Gasteiger partial charge in [0.1, 0.15) is 18.0 Å². The predicted molar refractivity (Wildman–Crippen MR) is 89.4 cm³/mol. The van der Waals surface area contributed by atoms with Crippen molar-refractivity contribution in [3.63, 3.8) is 0 Å². The number of alkyl halides is 2. The molecule has 3 aromatic heterocycles. The van der Waals surface area contributed by atoms with Crippen molar-refractivity contribution in [2.75, 3.05) is 11.9 Å². The summed E-state index contributed by atoms with van der Waals surface area (Å²) in [7, 11) is 3.57. The van der Waals surface area contributed by atoms with Crippen molar-refractivity contribution in [1.29, 1.82) is 0 Å². The maximum absolute atomic E-state index is 13.6. The van der Waals surface area contributed by atoms with Crippen LogP contribution in [0.3, 0.4) is 0 Å². The summed E-state index contributed by atoms with van der Waals surface area (Å²) in [6.45, 7) is -2.49. The Morgan fingerprint density at radius 2 is 2.00 bits per heavy atom. The third kappa shape index (κ3) is 2.48. The van der Waals surface area contributed by atoms with Crippen molar-refractivity contribution in [2.24, 2.45) is 7.05 Å². The number of hydrogen-bond donors (Lipinski definition) is 0. The van der Waals surface area contributed by atoms with Crippen LogP contribution in [0.15, 0.2) is 36.8 Å². The van der Waals surface area contributed by atoms with Crippen LogP contribution < -0.4 is 4.90 Å². The highest BCUT2D eigenvalue weighted by Crippen LogP contribution is 2.26. The van der Waals surface area contributed by atoms with Gasteiger partial charge in [0, 0.05) is 14.1 Å². The molecule has 4 aromatic rings. The molecule has 4 rings (SSSR count). The van der Waals surface area contributed by atoms with Gasteiger partial charge in [-0.15, -0.1) is 0 Å². The molecule has 0 amide bonds. The number of aryl methyl sites for hydroxylation is 1. The first-order valence-electron chi connectivity index (χ1n) is 7.64. The van der Waals surface area contributed by atoms with Crippen LogP contribution >= 0.6 is 0 Å². The Hall–Kier alpha value is -3.10. The summed E-state index contributed by atoms with van der Waals surface area (Å²) in [6, 6.07) is 6.87. The van der Waals surface area contributed by atoms with E-state index < -0.39 is 6.55 Å². The van der Waals surface area contributed by atoms with E-state index in [1.54, 1.807) is 54.1 Å². The Bertz CT molecular complexity index is 1050. The smallest absolute Gasteiger partial charge is 0.320 e. The zero-order valence-corrected chi connectivity index (χ0v) is 13.6. The number of benzene rings is 1. The minimum Gasteiger partial charge on any atom is -0.351 e. The molecule has 9 heteroatoms. The van der Waals surface area contributed by atoms with E-state index in [0.29, 0.717) is 22.5 Å². The molecule has 0 saturated carbocycles. The van der Waals surface area contributed by atoms with Gasteiger partial charge in [0.25, 0.3) is 0 Å². The minimum absolute atomic E-state index is 0.181. The standard InChI is InChI=1S/C16H15F2N7/c1-23(14-10-7-21-24(2)15(10)20-9-19-14)8-13-22-11-5-3-4-6-12(11)25(13)16(17)18/h3-7,9,16H,8H2,1-2H3. The van der Waals surface area contributed by atoms with E-state index in [2.05, 4.69) is 20.1 Å². The van der Waals surface area contributed by atoms with Gasteiger partial charge in [-0.2, -0.15) is 13.9 Å². The quantitative estimate of drug-likeness (QED) is 0.570. The highest BCUT2D eigenvalue weighted by atomic mass is 19.3. The van der Waals surface area contributed by atoms with Crippen LogP contribution in [0.2, 0.25) is 0 Å². The van der Waals surface area contributed by atoms with Crippen LogP contribution in [0.25, 0.3) is 22.1 Å². The fourth-order valence-electron chi connectivity index (χ4n) is 2.96.